The minimum absolute atomic E-state index is 0.218. The number of aliphatic hydroxyl groups excluding tert-OH is 3. The predicted octanol–water partition coefficient (Wildman–Crippen LogP) is -1.20. The van der Waals surface area contributed by atoms with Gasteiger partial charge in [-0.15, -0.1) is 5.10 Å². The highest BCUT2D eigenvalue weighted by Crippen LogP contribution is 2.31. The summed E-state index contributed by atoms with van der Waals surface area (Å²) in [6.45, 7) is -0.390. The van der Waals surface area contributed by atoms with Gasteiger partial charge in [-0.25, -0.2) is 19.9 Å². The molecule has 0 saturated carbocycles. The smallest absolute Gasteiger partial charge is 0.255 e. The van der Waals surface area contributed by atoms with Crippen LogP contribution in [-0.2, 0) is 4.74 Å². The van der Waals surface area contributed by atoms with Crippen LogP contribution in [0.2, 0.25) is 0 Å². The van der Waals surface area contributed by atoms with Crippen LogP contribution >= 0.6 is 0 Å². The van der Waals surface area contributed by atoms with E-state index in [4.69, 9.17) is 20.0 Å². The monoisotopic (exact) mass is 454 g/mol. The molecule has 15 heteroatoms. The molecule has 5 N–H and O–H groups in total. The normalized spacial score (nSPS) is 22.5. The van der Waals surface area contributed by atoms with E-state index in [0.29, 0.717) is 28.5 Å². The fraction of sp³-hybridized carbons (Fsp3) is 0.278. The van der Waals surface area contributed by atoms with Crippen molar-refractivity contribution < 1.29 is 24.5 Å². The minimum Gasteiger partial charge on any atom is -0.461 e. The first kappa shape index (κ1) is 20.8. The number of nitrogen functional groups attached to an aromatic ring is 1. The molecule has 0 unspecified atom stereocenters. The fourth-order valence-corrected chi connectivity index (χ4v) is 3.33. The maximum absolute atomic E-state index is 9.95. The van der Waals surface area contributed by atoms with Crippen molar-refractivity contribution in [3.05, 3.63) is 43.7 Å². The van der Waals surface area contributed by atoms with E-state index in [2.05, 4.69) is 35.0 Å². The van der Waals surface area contributed by atoms with Crippen molar-refractivity contribution in [3.8, 4) is 11.6 Å². The van der Waals surface area contributed by atoms with Gasteiger partial charge in [0.2, 0.25) is 5.82 Å². The van der Waals surface area contributed by atoms with E-state index in [9.17, 15) is 10.2 Å². The average Bonchev–Trinajstić information content (AvgIpc) is 3.61. The third-order valence-corrected chi connectivity index (χ3v) is 4.95. The topological polar surface area (TPSA) is 209 Å². The number of rotatable bonds is 3. The Kier molecular flexibility index (Phi) is 5.35. The fourth-order valence-electron chi connectivity index (χ4n) is 3.33. The van der Waals surface area contributed by atoms with E-state index < -0.39 is 31.1 Å². The van der Waals surface area contributed by atoms with E-state index in [1.54, 1.807) is 24.7 Å². The van der Waals surface area contributed by atoms with E-state index in [0.717, 1.165) is 0 Å². The van der Waals surface area contributed by atoms with Crippen LogP contribution in [0.15, 0.2) is 48.1 Å². The number of hydrogen-bond donors (Lipinski definition) is 4. The second-order valence-electron chi connectivity index (χ2n) is 6.98. The molecular weight excluding hydrogens is 436 g/mol. The molecule has 0 amide bonds. The molecule has 33 heavy (non-hydrogen) atoms. The number of furan rings is 1. The minimum atomic E-state index is -1.19. The summed E-state index contributed by atoms with van der Waals surface area (Å²) in [4.78, 5) is 23.8. The third-order valence-electron chi connectivity index (χ3n) is 4.95. The van der Waals surface area contributed by atoms with Gasteiger partial charge in [0, 0.05) is 0 Å². The number of aromatic nitrogens is 9. The van der Waals surface area contributed by atoms with Crippen LogP contribution in [0.1, 0.15) is 6.23 Å². The second kappa shape index (κ2) is 8.47. The van der Waals surface area contributed by atoms with Crippen LogP contribution in [-0.4, -0.2) is 84.3 Å². The summed E-state index contributed by atoms with van der Waals surface area (Å²) < 4.78 is 13.5. The molecule has 6 heterocycles. The number of anilines is 1. The lowest BCUT2D eigenvalue weighted by Crippen LogP contribution is -2.33. The number of nitrogens with zero attached hydrogens (tertiary/aromatic N) is 9. The maximum Gasteiger partial charge on any atom is 0.255 e. The van der Waals surface area contributed by atoms with E-state index in [1.165, 1.54) is 28.1 Å². The summed E-state index contributed by atoms with van der Waals surface area (Å²) in [5, 5.41) is 32.9. The Balaban J connectivity index is 0.000000144. The van der Waals surface area contributed by atoms with Crippen molar-refractivity contribution in [1.29, 1.82) is 0 Å². The molecule has 1 aliphatic heterocycles. The van der Waals surface area contributed by atoms with Gasteiger partial charge >= 0.3 is 0 Å². The molecule has 5 aromatic rings. The van der Waals surface area contributed by atoms with Crippen LogP contribution in [0.3, 0.4) is 0 Å². The van der Waals surface area contributed by atoms with Crippen molar-refractivity contribution in [2.75, 3.05) is 12.3 Å². The summed E-state index contributed by atoms with van der Waals surface area (Å²) in [6, 6.07) is 3.58. The van der Waals surface area contributed by atoms with Crippen LogP contribution < -0.4 is 5.73 Å². The summed E-state index contributed by atoms with van der Waals surface area (Å²) in [6.07, 6.45) is 3.12. The molecule has 4 atom stereocenters. The van der Waals surface area contributed by atoms with Crippen molar-refractivity contribution in [2.45, 2.75) is 24.5 Å². The first-order chi connectivity index (χ1) is 16.1. The number of hydrogen-bond acceptors (Lipinski definition) is 13. The van der Waals surface area contributed by atoms with Gasteiger partial charge in [-0.2, -0.15) is 14.5 Å². The van der Waals surface area contributed by atoms with E-state index in [1.807, 2.05) is 0 Å². The maximum atomic E-state index is 9.95. The molecule has 1 fully saturated rings. The zero-order chi connectivity index (χ0) is 22.9. The summed E-state index contributed by atoms with van der Waals surface area (Å²) in [7, 11) is 0. The van der Waals surface area contributed by atoms with E-state index in [-0.39, 0.29) is 5.82 Å². The summed E-state index contributed by atoms with van der Waals surface area (Å²) in [5.41, 5.74) is 6.44. The highest BCUT2D eigenvalue weighted by molar-refractivity contribution is 5.81. The first-order valence-corrected chi connectivity index (χ1v) is 9.68. The highest BCUT2D eigenvalue weighted by Gasteiger charge is 2.43. The molecule has 0 aromatic carbocycles. The molecule has 15 nitrogen and oxygen atoms in total. The zero-order valence-electron chi connectivity index (χ0n) is 16.8. The highest BCUT2D eigenvalue weighted by atomic mass is 16.6. The van der Waals surface area contributed by atoms with Crippen molar-refractivity contribution in [1.82, 2.24) is 44.1 Å². The van der Waals surface area contributed by atoms with Gasteiger partial charge in [0.1, 0.15) is 42.8 Å². The lowest BCUT2D eigenvalue weighted by Gasteiger charge is -2.16. The zero-order valence-corrected chi connectivity index (χ0v) is 16.8. The van der Waals surface area contributed by atoms with Gasteiger partial charge < -0.3 is 30.2 Å². The lowest BCUT2D eigenvalue weighted by molar-refractivity contribution is -0.0511. The molecule has 170 valence electrons. The molecule has 0 bridgehead atoms. The quantitative estimate of drug-likeness (QED) is 0.253. The standard InChI is InChI=1S/C10H13N5O4.C8H5N5O/c11-8-5-9(13-2-12-8)15(3-14-5)10-7(18)6(17)4(1-16)19-10;1-2-6(14-3-1)7-11-8-10-4-9-5-13(8)12-7/h2-4,6-7,10,16-18H,1H2,(H2,11,12,13);1-5H/t4-,6-,7-,10-;/m1./s1. The number of nitrogens with two attached hydrogens (primary N) is 1. The predicted molar refractivity (Wildman–Crippen MR) is 109 cm³/mol. The molecule has 0 radical (unpaired) electrons. The van der Waals surface area contributed by atoms with Gasteiger partial charge in [-0.1, -0.05) is 0 Å². The second-order valence-corrected chi connectivity index (χ2v) is 6.98. The number of ether oxygens (including phenoxy) is 1. The van der Waals surface area contributed by atoms with Crippen molar-refractivity contribution in [3.63, 3.8) is 0 Å². The molecule has 1 saturated heterocycles. The van der Waals surface area contributed by atoms with Crippen LogP contribution in [0, 0.1) is 0 Å². The number of imidazole rings is 1. The van der Waals surface area contributed by atoms with Gasteiger partial charge in [0.05, 0.1) is 19.2 Å². The lowest BCUT2D eigenvalue weighted by atomic mass is 10.1. The number of aliphatic hydroxyl groups is 3. The molecule has 6 rings (SSSR count). The molecule has 5 aromatic heterocycles. The van der Waals surface area contributed by atoms with Crippen LogP contribution in [0.5, 0.6) is 0 Å². The Labute approximate surface area is 184 Å². The number of fused-ring (bicyclic) bond motifs is 2. The first-order valence-electron chi connectivity index (χ1n) is 9.68. The van der Waals surface area contributed by atoms with Crippen LogP contribution in [0.25, 0.3) is 28.5 Å². The Morgan fingerprint density at radius 2 is 1.94 bits per heavy atom. The van der Waals surface area contributed by atoms with Gasteiger partial charge in [0.25, 0.3) is 5.78 Å². The van der Waals surface area contributed by atoms with Crippen LogP contribution in [0.4, 0.5) is 5.82 Å². The van der Waals surface area contributed by atoms with Crippen molar-refractivity contribution in [2.24, 2.45) is 0 Å². The van der Waals surface area contributed by atoms with E-state index >= 15 is 0 Å². The van der Waals surface area contributed by atoms with Gasteiger partial charge in [-0.05, 0) is 12.1 Å². The molecule has 0 spiro atoms. The summed E-state index contributed by atoms with van der Waals surface area (Å²) >= 11 is 0. The Bertz CT molecular complexity index is 1340. The molecule has 0 aliphatic carbocycles. The molecular formula is C18H18N10O5. The summed E-state index contributed by atoms with van der Waals surface area (Å²) in [5.74, 6) is 1.85. The van der Waals surface area contributed by atoms with Gasteiger partial charge in [0.15, 0.2) is 23.5 Å². The molecule has 1 aliphatic rings. The van der Waals surface area contributed by atoms with Crippen molar-refractivity contribution >= 4 is 22.8 Å². The van der Waals surface area contributed by atoms with Gasteiger partial charge in [-0.3, -0.25) is 4.57 Å². The SMILES string of the molecule is Nc1ncnc2c1ncn2[C@@H]1O[C@H](CO)[C@@H](O)[C@H]1O.c1coc(-c2nc3ncncn3n2)c1. The Hall–Kier alpha value is -4.05. The Morgan fingerprint density at radius 3 is 2.67 bits per heavy atom. The third kappa shape index (κ3) is 3.74. The average molecular weight is 454 g/mol. The largest absolute Gasteiger partial charge is 0.461 e. The Morgan fingerprint density at radius 1 is 1.06 bits per heavy atom.